The van der Waals surface area contributed by atoms with Gasteiger partial charge < -0.3 is 4.42 Å². The van der Waals surface area contributed by atoms with Crippen LogP contribution in [0.3, 0.4) is 0 Å². The zero-order valence-electron chi connectivity index (χ0n) is 26.7. The summed E-state index contributed by atoms with van der Waals surface area (Å²) in [6.45, 7) is 0. The molecule has 0 radical (unpaired) electrons. The maximum absolute atomic E-state index is 6.21. The van der Waals surface area contributed by atoms with Crippen molar-refractivity contribution in [2.24, 2.45) is 0 Å². The number of nitrogens with zero attached hydrogens (tertiary/aromatic N) is 3. The van der Waals surface area contributed by atoms with Crippen molar-refractivity contribution in [3.05, 3.63) is 164 Å². The highest BCUT2D eigenvalue weighted by molar-refractivity contribution is 7.25. The van der Waals surface area contributed by atoms with Gasteiger partial charge in [-0.2, -0.15) is 0 Å². The Morgan fingerprint density at radius 1 is 0.360 bits per heavy atom. The van der Waals surface area contributed by atoms with Gasteiger partial charge in [-0.25, -0.2) is 15.0 Å². The van der Waals surface area contributed by atoms with Gasteiger partial charge in [0, 0.05) is 47.6 Å². The summed E-state index contributed by atoms with van der Waals surface area (Å²) in [5.41, 5.74) is 9.05. The normalized spacial score (nSPS) is 11.6. The molecule has 0 unspecified atom stereocenters. The minimum Gasteiger partial charge on any atom is -0.456 e. The highest BCUT2D eigenvalue weighted by Crippen LogP contribution is 2.41. The van der Waals surface area contributed by atoms with Gasteiger partial charge in [-0.3, -0.25) is 0 Å². The summed E-state index contributed by atoms with van der Waals surface area (Å²) in [4.78, 5) is 15.2. The average Bonchev–Trinajstić information content (AvgIpc) is 3.77. The molecule has 0 fully saturated rings. The highest BCUT2D eigenvalue weighted by Gasteiger charge is 2.17. The van der Waals surface area contributed by atoms with E-state index in [0.29, 0.717) is 17.5 Å². The highest BCUT2D eigenvalue weighted by atomic mass is 32.1. The Morgan fingerprint density at radius 3 is 1.60 bits per heavy atom. The van der Waals surface area contributed by atoms with Crippen LogP contribution in [0.25, 0.3) is 98.5 Å². The molecule has 3 aromatic heterocycles. The molecule has 0 N–H and O–H groups in total. The molecular formula is C45H27N3OS. The third-order valence-electron chi connectivity index (χ3n) is 9.34. The van der Waals surface area contributed by atoms with Crippen LogP contribution in [0.5, 0.6) is 0 Å². The summed E-state index contributed by atoms with van der Waals surface area (Å²) >= 11 is 1.83. The number of benzene rings is 7. The zero-order chi connectivity index (χ0) is 33.0. The van der Waals surface area contributed by atoms with Crippen molar-refractivity contribution in [1.29, 1.82) is 0 Å². The second-order valence-corrected chi connectivity index (χ2v) is 13.5. The van der Waals surface area contributed by atoms with Crippen LogP contribution < -0.4 is 0 Å². The van der Waals surface area contributed by atoms with Crippen molar-refractivity contribution in [2.45, 2.75) is 0 Å². The van der Waals surface area contributed by atoms with Gasteiger partial charge in [-0.05, 0) is 58.7 Å². The van der Waals surface area contributed by atoms with E-state index < -0.39 is 0 Å². The second kappa shape index (κ2) is 11.6. The molecule has 0 saturated heterocycles. The van der Waals surface area contributed by atoms with Crippen LogP contribution in [0, 0.1) is 0 Å². The minimum absolute atomic E-state index is 0.622. The molecule has 0 saturated carbocycles. The molecular weight excluding hydrogens is 631 g/mol. The van der Waals surface area contributed by atoms with Gasteiger partial charge in [-0.15, -0.1) is 11.3 Å². The number of aromatic nitrogens is 3. The van der Waals surface area contributed by atoms with Crippen molar-refractivity contribution in [1.82, 2.24) is 15.0 Å². The quantitative estimate of drug-likeness (QED) is 0.185. The summed E-state index contributed by atoms with van der Waals surface area (Å²) in [7, 11) is 0. The van der Waals surface area contributed by atoms with Gasteiger partial charge in [0.05, 0.1) is 0 Å². The van der Waals surface area contributed by atoms with E-state index in [1.165, 1.54) is 25.7 Å². The van der Waals surface area contributed by atoms with Gasteiger partial charge >= 0.3 is 0 Å². The fourth-order valence-corrected chi connectivity index (χ4v) is 8.16. The smallest absolute Gasteiger partial charge is 0.164 e. The summed E-state index contributed by atoms with van der Waals surface area (Å²) in [5, 5.41) is 4.76. The lowest BCUT2D eigenvalue weighted by molar-refractivity contribution is 0.669. The fraction of sp³-hybridized carbons (Fsp3) is 0. The summed E-state index contributed by atoms with van der Waals surface area (Å²) in [6, 6.07) is 56.8. The zero-order valence-corrected chi connectivity index (χ0v) is 27.6. The molecule has 0 bridgehead atoms. The maximum atomic E-state index is 6.21. The lowest BCUT2D eigenvalue weighted by Gasteiger charge is -2.11. The number of thiophene rings is 1. The van der Waals surface area contributed by atoms with Crippen molar-refractivity contribution in [3.8, 4) is 56.4 Å². The topological polar surface area (TPSA) is 51.8 Å². The van der Waals surface area contributed by atoms with Crippen LogP contribution in [0.1, 0.15) is 0 Å². The van der Waals surface area contributed by atoms with E-state index >= 15 is 0 Å². The Labute approximate surface area is 292 Å². The summed E-state index contributed by atoms with van der Waals surface area (Å²) in [6.07, 6.45) is 0. The van der Waals surface area contributed by atoms with Crippen molar-refractivity contribution < 1.29 is 4.42 Å². The molecule has 7 aromatic carbocycles. The molecule has 0 amide bonds. The van der Waals surface area contributed by atoms with Crippen LogP contribution in [0.15, 0.2) is 168 Å². The minimum atomic E-state index is 0.622. The first-order valence-electron chi connectivity index (χ1n) is 16.6. The van der Waals surface area contributed by atoms with E-state index in [4.69, 9.17) is 19.4 Å². The number of para-hydroxylation sites is 1. The molecule has 10 aromatic rings. The lowest BCUT2D eigenvalue weighted by atomic mass is 9.97. The van der Waals surface area contributed by atoms with E-state index in [1.54, 1.807) is 0 Å². The second-order valence-electron chi connectivity index (χ2n) is 12.4. The van der Waals surface area contributed by atoms with E-state index in [2.05, 4.69) is 109 Å². The molecule has 50 heavy (non-hydrogen) atoms. The predicted octanol–water partition coefficient (Wildman–Crippen LogP) is 12.5. The number of fused-ring (bicyclic) bond motifs is 6. The van der Waals surface area contributed by atoms with Crippen molar-refractivity contribution in [2.75, 3.05) is 0 Å². The maximum Gasteiger partial charge on any atom is 0.164 e. The lowest BCUT2D eigenvalue weighted by Crippen LogP contribution is -2.00. The van der Waals surface area contributed by atoms with Gasteiger partial charge in [-0.1, -0.05) is 127 Å². The van der Waals surface area contributed by atoms with Crippen molar-refractivity contribution >= 4 is 53.4 Å². The van der Waals surface area contributed by atoms with Crippen LogP contribution in [0.4, 0.5) is 0 Å². The van der Waals surface area contributed by atoms with E-state index in [0.717, 1.165) is 55.3 Å². The number of rotatable bonds is 5. The average molecular weight is 658 g/mol. The Kier molecular flexibility index (Phi) is 6.64. The molecule has 4 nitrogen and oxygen atoms in total. The van der Waals surface area contributed by atoms with E-state index in [1.807, 2.05) is 65.9 Å². The number of hydrogen-bond donors (Lipinski definition) is 0. The number of hydrogen-bond acceptors (Lipinski definition) is 5. The first kappa shape index (κ1) is 28.6. The van der Waals surface area contributed by atoms with E-state index in [-0.39, 0.29) is 0 Å². The monoisotopic (exact) mass is 657 g/mol. The van der Waals surface area contributed by atoms with Crippen LogP contribution in [-0.2, 0) is 0 Å². The SMILES string of the molecule is c1ccc(-c2nc(-c3cccc(-c4cccc5oc6ccccc6c45)c3)nc(-c3cccc(-c4cccc5sc6ccccc6c45)c3)n2)cc1. The van der Waals surface area contributed by atoms with Gasteiger partial charge in [0.15, 0.2) is 17.5 Å². The largest absolute Gasteiger partial charge is 0.456 e. The van der Waals surface area contributed by atoms with Crippen LogP contribution in [-0.4, -0.2) is 15.0 Å². The summed E-state index contributed by atoms with van der Waals surface area (Å²) < 4.78 is 8.78. The molecule has 234 valence electrons. The van der Waals surface area contributed by atoms with Crippen LogP contribution in [0.2, 0.25) is 0 Å². The molecule has 10 rings (SSSR count). The Bertz CT molecular complexity index is 2710. The molecule has 5 heteroatoms. The fourth-order valence-electron chi connectivity index (χ4n) is 7.03. The first-order chi connectivity index (χ1) is 24.8. The third-order valence-corrected chi connectivity index (χ3v) is 10.5. The molecule has 0 aliphatic heterocycles. The van der Waals surface area contributed by atoms with Crippen LogP contribution >= 0.6 is 11.3 Å². The Hall–Kier alpha value is -6.43. The van der Waals surface area contributed by atoms with Gasteiger partial charge in [0.2, 0.25) is 0 Å². The molecule has 0 spiro atoms. The standard InChI is InChI=1S/C45H27N3OS/c1-2-12-28(13-3-1)43-46-44(31-16-8-14-29(26-31)33-20-10-23-38-41(33)35-18-4-6-22-37(35)49-38)48-45(47-43)32-17-9-15-30(27-32)34-21-11-25-40-42(34)36-19-5-7-24-39(36)50-40/h1-27H. The number of furan rings is 1. The van der Waals surface area contributed by atoms with Gasteiger partial charge in [0.1, 0.15) is 11.2 Å². The first-order valence-corrected chi connectivity index (χ1v) is 17.4. The predicted molar refractivity (Wildman–Crippen MR) is 207 cm³/mol. The van der Waals surface area contributed by atoms with E-state index in [9.17, 15) is 0 Å². The Balaban J connectivity index is 1.13. The van der Waals surface area contributed by atoms with Gasteiger partial charge in [0.25, 0.3) is 0 Å². The molecule has 3 heterocycles. The van der Waals surface area contributed by atoms with Crippen molar-refractivity contribution in [3.63, 3.8) is 0 Å². The third kappa shape index (κ3) is 4.79. The molecule has 0 atom stereocenters. The molecule has 0 aliphatic rings. The molecule has 0 aliphatic carbocycles. The summed E-state index contributed by atoms with van der Waals surface area (Å²) in [5.74, 6) is 1.89. The Morgan fingerprint density at radius 2 is 0.860 bits per heavy atom.